The van der Waals surface area contributed by atoms with Gasteiger partial charge in [0.1, 0.15) is 5.82 Å². The van der Waals surface area contributed by atoms with Gasteiger partial charge in [0.25, 0.3) is 0 Å². The van der Waals surface area contributed by atoms with Gasteiger partial charge in [0.2, 0.25) is 0 Å². The number of benzene rings is 2. The number of hydrogen-bond donors (Lipinski definition) is 0. The third-order valence-electron chi connectivity index (χ3n) is 2.74. The smallest absolute Gasteiger partial charge is 0.131 e. The van der Waals surface area contributed by atoms with Gasteiger partial charge in [0.05, 0.1) is 0 Å². The Morgan fingerprint density at radius 3 is 2.47 bits per heavy atom. The van der Waals surface area contributed by atoms with E-state index in [2.05, 4.69) is 19.9 Å². The van der Waals surface area contributed by atoms with Crippen molar-refractivity contribution in [1.29, 1.82) is 0 Å². The van der Waals surface area contributed by atoms with Crippen LogP contribution in [-0.4, -0.2) is 0 Å². The summed E-state index contributed by atoms with van der Waals surface area (Å²) in [4.78, 5) is 0. The molecule has 0 aliphatic rings. The fourth-order valence-corrected chi connectivity index (χ4v) is 1.83. The molecule has 0 aliphatic carbocycles. The van der Waals surface area contributed by atoms with Crippen molar-refractivity contribution in [1.82, 2.24) is 0 Å². The molecule has 0 nitrogen and oxygen atoms in total. The van der Waals surface area contributed by atoms with Crippen LogP contribution >= 0.6 is 0 Å². The van der Waals surface area contributed by atoms with Crippen LogP contribution in [0, 0.1) is 12.7 Å². The summed E-state index contributed by atoms with van der Waals surface area (Å²) in [5.41, 5.74) is 2.16. The molecular weight excluding hydrogens is 187 g/mol. The molecule has 0 bridgehead atoms. The number of aryl methyl sites for hydroxylation is 1. The quantitative estimate of drug-likeness (QED) is 0.642. The molecule has 0 heterocycles. The first-order valence-electron chi connectivity index (χ1n) is 5.28. The molecule has 0 radical (unpaired) electrons. The maximum absolute atomic E-state index is 13.7. The van der Waals surface area contributed by atoms with Crippen LogP contribution in [0.2, 0.25) is 0 Å². The first-order valence-corrected chi connectivity index (χ1v) is 5.28. The Balaban J connectivity index is 2.71. The fraction of sp³-hybridized carbons (Fsp3) is 0.286. The third kappa shape index (κ3) is 1.87. The number of halogens is 1. The molecule has 0 fully saturated rings. The summed E-state index contributed by atoms with van der Waals surface area (Å²) in [6, 6.07) is 9.64. The summed E-state index contributed by atoms with van der Waals surface area (Å²) >= 11 is 0. The van der Waals surface area contributed by atoms with Crippen LogP contribution in [0.4, 0.5) is 4.39 Å². The number of hydrogen-bond acceptors (Lipinski definition) is 0. The predicted octanol–water partition coefficient (Wildman–Crippen LogP) is 4.41. The zero-order valence-electron chi connectivity index (χ0n) is 9.34. The molecule has 2 rings (SSSR count). The van der Waals surface area contributed by atoms with Gasteiger partial charge in [-0.3, -0.25) is 0 Å². The molecule has 15 heavy (non-hydrogen) atoms. The molecule has 0 amide bonds. The van der Waals surface area contributed by atoms with Crippen LogP contribution in [0.15, 0.2) is 30.3 Å². The van der Waals surface area contributed by atoms with Crippen LogP contribution < -0.4 is 0 Å². The van der Waals surface area contributed by atoms with Gasteiger partial charge < -0.3 is 0 Å². The highest BCUT2D eigenvalue weighted by Gasteiger charge is 2.05. The highest BCUT2D eigenvalue weighted by atomic mass is 19.1. The van der Waals surface area contributed by atoms with Crippen molar-refractivity contribution in [2.45, 2.75) is 26.7 Å². The van der Waals surface area contributed by atoms with Crippen LogP contribution in [0.1, 0.15) is 30.9 Å². The van der Waals surface area contributed by atoms with Crippen LogP contribution in [0.5, 0.6) is 0 Å². The molecule has 0 saturated carbocycles. The summed E-state index contributed by atoms with van der Waals surface area (Å²) < 4.78 is 13.7. The fourth-order valence-electron chi connectivity index (χ4n) is 1.83. The minimum atomic E-state index is -0.118. The molecule has 0 aromatic heterocycles. The number of rotatable bonds is 1. The summed E-state index contributed by atoms with van der Waals surface area (Å²) in [7, 11) is 0. The third-order valence-corrected chi connectivity index (χ3v) is 2.74. The summed E-state index contributed by atoms with van der Waals surface area (Å²) in [6.07, 6.45) is 0. The van der Waals surface area contributed by atoms with Crippen molar-refractivity contribution in [3.63, 3.8) is 0 Å². The van der Waals surface area contributed by atoms with E-state index in [1.165, 1.54) is 5.56 Å². The molecule has 0 aliphatic heterocycles. The van der Waals surface area contributed by atoms with Crippen molar-refractivity contribution in [3.05, 3.63) is 47.3 Å². The maximum Gasteiger partial charge on any atom is 0.131 e. The Morgan fingerprint density at radius 2 is 1.80 bits per heavy atom. The molecule has 78 valence electrons. The lowest BCUT2D eigenvalue weighted by molar-refractivity contribution is 0.638. The van der Waals surface area contributed by atoms with Gasteiger partial charge in [-0.2, -0.15) is 0 Å². The van der Waals surface area contributed by atoms with E-state index in [0.717, 1.165) is 16.3 Å². The van der Waals surface area contributed by atoms with Crippen molar-refractivity contribution < 1.29 is 4.39 Å². The van der Waals surface area contributed by atoms with E-state index in [4.69, 9.17) is 0 Å². The van der Waals surface area contributed by atoms with Crippen LogP contribution in [0.3, 0.4) is 0 Å². The lowest BCUT2D eigenvalue weighted by atomic mass is 9.98. The molecule has 2 aromatic carbocycles. The van der Waals surface area contributed by atoms with Crippen molar-refractivity contribution >= 4 is 10.8 Å². The first kappa shape index (κ1) is 10.2. The second-order valence-electron chi connectivity index (χ2n) is 4.38. The van der Waals surface area contributed by atoms with E-state index in [9.17, 15) is 4.39 Å². The van der Waals surface area contributed by atoms with Gasteiger partial charge >= 0.3 is 0 Å². The zero-order valence-corrected chi connectivity index (χ0v) is 9.34. The lowest BCUT2D eigenvalue weighted by Crippen LogP contribution is -1.89. The topological polar surface area (TPSA) is 0 Å². The van der Waals surface area contributed by atoms with E-state index in [-0.39, 0.29) is 5.82 Å². The predicted molar refractivity (Wildman–Crippen MR) is 62.7 cm³/mol. The van der Waals surface area contributed by atoms with E-state index in [0.29, 0.717) is 5.92 Å². The van der Waals surface area contributed by atoms with Crippen molar-refractivity contribution in [2.24, 2.45) is 0 Å². The van der Waals surface area contributed by atoms with E-state index in [1.807, 2.05) is 25.1 Å². The minimum Gasteiger partial charge on any atom is -0.206 e. The Hall–Kier alpha value is -1.37. The highest BCUT2D eigenvalue weighted by molar-refractivity contribution is 5.84. The molecule has 0 atom stereocenters. The van der Waals surface area contributed by atoms with Gasteiger partial charge in [0, 0.05) is 5.39 Å². The molecule has 0 saturated heterocycles. The second kappa shape index (κ2) is 3.65. The highest BCUT2D eigenvalue weighted by Crippen LogP contribution is 2.24. The summed E-state index contributed by atoms with van der Waals surface area (Å²) in [5, 5.41) is 1.71. The van der Waals surface area contributed by atoms with Gasteiger partial charge in [-0.1, -0.05) is 32.0 Å². The SMILES string of the molecule is Cc1cc(F)c2cc(C(C)C)ccc2c1. The maximum atomic E-state index is 13.7. The Bertz CT molecular complexity index is 498. The van der Waals surface area contributed by atoms with E-state index >= 15 is 0 Å². The van der Waals surface area contributed by atoms with E-state index in [1.54, 1.807) is 6.07 Å². The Labute approximate surface area is 89.7 Å². The molecule has 0 N–H and O–H groups in total. The molecule has 0 unspecified atom stereocenters. The largest absolute Gasteiger partial charge is 0.206 e. The Morgan fingerprint density at radius 1 is 1.07 bits per heavy atom. The summed E-state index contributed by atoms with van der Waals surface area (Å²) in [6.45, 7) is 6.15. The molecular formula is C14H15F. The van der Waals surface area contributed by atoms with E-state index < -0.39 is 0 Å². The monoisotopic (exact) mass is 202 g/mol. The van der Waals surface area contributed by atoms with Crippen molar-refractivity contribution in [3.8, 4) is 0 Å². The van der Waals surface area contributed by atoms with Crippen molar-refractivity contribution in [2.75, 3.05) is 0 Å². The summed E-state index contributed by atoms with van der Waals surface area (Å²) in [5.74, 6) is 0.322. The van der Waals surface area contributed by atoms with Crippen LogP contribution in [-0.2, 0) is 0 Å². The second-order valence-corrected chi connectivity index (χ2v) is 4.38. The average Bonchev–Trinajstić information content (AvgIpc) is 2.16. The minimum absolute atomic E-state index is 0.118. The van der Waals surface area contributed by atoms with Gasteiger partial charge in [-0.15, -0.1) is 0 Å². The standard InChI is InChI=1S/C14H15F/c1-9(2)11-4-5-12-6-10(3)7-14(15)13(12)8-11/h4-9H,1-3H3. The van der Waals surface area contributed by atoms with Crippen LogP contribution in [0.25, 0.3) is 10.8 Å². The molecule has 0 spiro atoms. The Kier molecular flexibility index (Phi) is 2.47. The molecule has 1 heteroatoms. The van der Waals surface area contributed by atoms with Gasteiger partial charge in [-0.05, 0) is 41.5 Å². The molecule has 2 aromatic rings. The first-order chi connectivity index (χ1) is 7.08. The zero-order chi connectivity index (χ0) is 11.0. The van der Waals surface area contributed by atoms with Gasteiger partial charge in [-0.25, -0.2) is 4.39 Å². The normalized spacial score (nSPS) is 11.3. The lowest BCUT2D eigenvalue weighted by Gasteiger charge is -2.08. The number of fused-ring (bicyclic) bond motifs is 1. The average molecular weight is 202 g/mol. The van der Waals surface area contributed by atoms with Gasteiger partial charge in [0.15, 0.2) is 0 Å².